The Morgan fingerprint density at radius 1 is 1.12 bits per heavy atom. The van der Waals surface area contributed by atoms with Gasteiger partial charge in [-0.3, -0.25) is 0 Å². The van der Waals surface area contributed by atoms with Gasteiger partial charge in [-0.25, -0.2) is 0 Å². The maximum Gasteiger partial charge on any atom is 0.0300 e. The van der Waals surface area contributed by atoms with Crippen molar-refractivity contribution in [3.8, 4) is 0 Å². The van der Waals surface area contributed by atoms with Gasteiger partial charge < -0.3 is 11.5 Å². The standard InChI is InChI=1S/C13H22N2.ClH/c1-9-7-10(2)13(11(3)8-9)12(15)5-4-6-14;/h7-8,12H,4-6,14-15H2,1-3H3;1H/t12-;/m1./s1. The van der Waals surface area contributed by atoms with Gasteiger partial charge in [0, 0.05) is 6.04 Å². The lowest BCUT2D eigenvalue weighted by molar-refractivity contribution is 0.612. The van der Waals surface area contributed by atoms with Crippen LogP contribution < -0.4 is 11.5 Å². The lowest BCUT2D eigenvalue weighted by Crippen LogP contribution is -2.15. The second kappa shape index (κ2) is 6.89. The van der Waals surface area contributed by atoms with E-state index in [4.69, 9.17) is 11.5 Å². The summed E-state index contributed by atoms with van der Waals surface area (Å²) in [7, 11) is 0. The normalized spacial score (nSPS) is 12.1. The summed E-state index contributed by atoms with van der Waals surface area (Å²) in [5.74, 6) is 0. The van der Waals surface area contributed by atoms with E-state index in [-0.39, 0.29) is 18.4 Å². The minimum Gasteiger partial charge on any atom is -0.330 e. The average molecular weight is 243 g/mol. The monoisotopic (exact) mass is 242 g/mol. The Kier molecular flexibility index (Phi) is 6.65. The van der Waals surface area contributed by atoms with E-state index in [2.05, 4.69) is 32.9 Å². The molecule has 4 N–H and O–H groups in total. The molecule has 0 saturated carbocycles. The van der Waals surface area contributed by atoms with Crippen molar-refractivity contribution in [3.05, 3.63) is 34.4 Å². The van der Waals surface area contributed by atoms with E-state index in [1.54, 1.807) is 0 Å². The summed E-state index contributed by atoms with van der Waals surface area (Å²) in [5.41, 5.74) is 16.9. The molecule has 0 unspecified atom stereocenters. The molecule has 0 aliphatic rings. The predicted octanol–water partition coefficient (Wildman–Crippen LogP) is 2.77. The lowest BCUT2D eigenvalue weighted by Gasteiger charge is -2.18. The van der Waals surface area contributed by atoms with Crippen LogP contribution in [0.2, 0.25) is 0 Å². The predicted molar refractivity (Wildman–Crippen MR) is 73.1 cm³/mol. The van der Waals surface area contributed by atoms with E-state index < -0.39 is 0 Å². The van der Waals surface area contributed by atoms with Crippen LogP contribution in [0.1, 0.15) is 41.1 Å². The molecule has 0 spiro atoms. The minimum absolute atomic E-state index is 0. The maximum atomic E-state index is 6.18. The highest BCUT2D eigenvalue weighted by molar-refractivity contribution is 5.85. The molecule has 0 amide bonds. The largest absolute Gasteiger partial charge is 0.330 e. The van der Waals surface area contributed by atoms with E-state index in [0.29, 0.717) is 0 Å². The minimum atomic E-state index is 0. The zero-order valence-electron chi connectivity index (χ0n) is 10.4. The van der Waals surface area contributed by atoms with Crippen LogP contribution in [0.3, 0.4) is 0 Å². The van der Waals surface area contributed by atoms with Gasteiger partial charge in [-0.15, -0.1) is 12.4 Å². The van der Waals surface area contributed by atoms with Crippen molar-refractivity contribution in [1.82, 2.24) is 0 Å². The first-order valence-electron chi connectivity index (χ1n) is 5.59. The number of nitrogens with two attached hydrogens (primary N) is 2. The summed E-state index contributed by atoms with van der Waals surface area (Å²) in [5, 5.41) is 0. The van der Waals surface area contributed by atoms with Crippen molar-refractivity contribution < 1.29 is 0 Å². The van der Waals surface area contributed by atoms with Crippen molar-refractivity contribution >= 4 is 12.4 Å². The van der Waals surface area contributed by atoms with E-state index >= 15 is 0 Å². The molecule has 1 atom stereocenters. The molecular formula is C13H23ClN2. The Morgan fingerprint density at radius 3 is 2.06 bits per heavy atom. The van der Waals surface area contributed by atoms with Crippen LogP contribution in [-0.2, 0) is 0 Å². The topological polar surface area (TPSA) is 52.0 Å². The van der Waals surface area contributed by atoms with Gasteiger partial charge in [0.1, 0.15) is 0 Å². The maximum absolute atomic E-state index is 6.18. The quantitative estimate of drug-likeness (QED) is 0.853. The molecule has 0 heterocycles. The second-order valence-electron chi connectivity index (χ2n) is 4.35. The van der Waals surface area contributed by atoms with Crippen LogP contribution in [0, 0.1) is 20.8 Å². The van der Waals surface area contributed by atoms with E-state index in [0.717, 1.165) is 19.4 Å². The number of benzene rings is 1. The lowest BCUT2D eigenvalue weighted by atomic mass is 9.92. The average Bonchev–Trinajstić information content (AvgIpc) is 2.12. The molecule has 1 aromatic carbocycles. The van der Waals surface area contributed by atoms with E-state index in [1.807, 2.05) is 0 Å². The molecule has 0 fully saturated rings. The van der Waals surface area contributed by atoms with Crippen LogP contribution in [0.25, 0.3) is 0 Å². The number of hydrogen-bond acceptors (Lipinski definition) is 2. The van der Waals surface area contributed by atoms with Crippen molar-refractivity contribution in [2.75, 3.05) is 6.54 Å². The molecule has 92 valence electrons. The van der Waals surface area contributed by atoms with Gasteiger partial charge in [-0.2, -0.15) is 0 Å². The molecule has 0 bridgehead atoms. The SMILES string of the molecule is Cc1cc(C)c([C@H](N)CCCN)c(C)c1.Cl. The van der Waals surface area contributed by atoms with Gasteiger partial charge in [-0.1, -0.05) is 17.7 Å². The smallest absolute Gasteiger partial charge is 0.0300 e. The molecule has 0 aromatic heterocycles. The summed E-state index contributed by atoms with van der Waals surface area (Å²) < 4.78 is 0. The third-order valence-corrected chi connectivity index (χ3v) is 2.83. The fourth-order valence-corrected chi connectivity index (χ4v) is 2.26. The number of hydrogen-bond donors (Lipinski definition) is 2. The molecule has 3 heteroatoms. The van der Waals surface area contributed by atoms with E-state index in [9.17, 15) is 0 Å². The van der Waals surface area contributed by atoms with Crippen molar-refractivity contribution in [2.45, 2.75) is 39.7 Å². The van der Waals surface area contributed by atoms with Crippen LogP contribution in [0.15, 0.2) is 12.1 Å². The summed E-state index contributed by atoms with van der Waals surface area (Å²) in [6.07, 6.45) is 1.97. The van der Waals surface area contributed by atoms with Gasteiger partial charge in [0.25, 0.3) is 0 Å². The van der Waals surface area contributed by atoms with Gasteiger partial charge >= 0.3 is 0 Å². The molecular weight excluding hydrogens is 220 g/mol. The summed E-state index contributed by atoms with van der Waals surface area (Å²) >= 11 is 0. The third kappa shape index (κ3) is 3.78. The van der Waals surface area contributed by atoms with Crippen LogP contribution in [0.5, 0.6) is 0 Å². The van der Waals surface area contributed by atoms with Crippen molar-refractivity contribution in [1.29, 1.82) is 0 Å². The summed E-state index contributed by atoms with van der Waals surface area (Å²) in [4.78, 5) is 0. The highest BCUT2D eigenvalue weighted by Crippen LogP contribution is 2.24. The molecule has 0 saturated heterocycles. The number of rotatable bonds is 4. The first-order valence-corrected chi connectivity index (χ1v) is 5.59. The Balaban J connectivity index is 0.00000225. The van der Waals surface area contributed by atoms with Gasteiger partial charge in [0.15, 0.2) is 0 Å². The molecule has 1 aromatic rings. The first kappa shape index (κ1) is 15.4. The summed E-state index contributed by atoms with van der Waals surface area (Å²) in [6, 6.07) is 4.53. The molecule has 16 heavy (non-hydrogen) atoms. The molecule has 0 aliphatic heterocycles. The Morgan fingerprint density at radius 2 is 1.62 bits per heavy atom. The molecule has 1 rings (SSSR count). The summed E-state index contributed by atoms with van der Waals surface area (Å²) in [6.45, 7) is 7.11. The van der Waals surface area contributed by atoms with Crippen LogP contribution >= 0.6 is 12.4 Å². The molecule has 0 aliphatic carbocycles. The van der Waals surface area contributed by atoms with Crippen LogP contribution in [0.4, 0.5) is 0 Å². The molecule has 2 nitrogen and oxygen atoms in total. The number of halogens is 1. The van der Waals surface area contributed by atoms with Crippen LogP contribution in [-0.4, -0.2) is 6.54 Å². The first-order chi connectivity index (χ1) is 7.06. The van der Waals surface area contributed by atoms with Gasteiger partial charge in [0.2, 0.25) is 0 Å². The fourth-order valence-electron chi connectivity index (χ4n) is 2.26. The Hall–Kier alpha value is -0.570. The third-order valence-electron chi connectivity index (χ3n) is 2.83. The van der Waals surface area contributed by atoms with Crippen molar-refractivity contribution in [3.63, 3.8) is 0 Å². The van der Waals surface area contributed by atoms with Gasteiger partial charge in [0.05, 0.1) is 0 Å². The zero-order chi connectivity index (χ0) is 11.4. The highest BCUT2D eigenvalue weighted by atomic mass is 35.5. The van der Waals surface area contributed by atoms with E-state index in [1.165, 1.54) is 22.3 Å². The Bertz CT molecular complexity index is 314. The van der Waals surface area contributed by atoms with Gasteiger partial charge in [-0.05, 0) is 56.8 Å². The fraction of sp³-hybridized carbons (Fsp3) is 0.538. The zero-order valence-corrected chi connectivity index (χ0v) is 11.2. The van der Waals surface area contributed by atoms with Crippen molar-refractivity contribution in [2.24, 2.45) is 11.5 Å². The highest BCUT2D eigenvalue weighted by Gasteiger charge is 2.11. The molecule has 0 radical (unpaired) electrons. The second-order valence-corrected chi connectivity index (χ2v) is 4.35. The Labute approximate surface area is 105 Å². The number of aryl methyl sites for hydroxylation is 3.